The molecule has 1 aromatic rings. The summed E-state index contributed by atoms with van der Waals surface area (Å²) in [6, 6.07) is 7.71. The number of nitrogens with two attached hydrogens (primary N) is 1. The summed E-state index contributed by atoms with van der Waals surface area (Å²) in [6.45, 7) is -1.01. The summed E-state index contributed by atoms with van der Waals surface area (Å²) in [6.07, 6.45) is 1.34. The molecule has 0 heterocycles. The molecular weight excluding hydrogens is 217 g/mol. The second-order valence-corrected chi connectivity index (χ2v) is 5.81. The van der Waals surface area contributed by atoms with Crippen LogP contribution >= 0.6 is 6.57 Å². The van der Waals surface area contributed by atoms with Crippen LogP contribution in [-0.4, -0.2) is 11.2 Å². The Labute approximate surface area is 88.1 Å². The highest BCUT2D eigenvalue weighted by atomic mass is 32.4. The van der Waals surface area contributed by atoms with E-state index in [9.17, 15) is 0 Å². The van der Waals surface area contributed by atoms with E-state index in [2.05, 4.69) is 21.9 Å². The van der Waals surface area contributed by atoms with Gasteiger partial charge in [0.05, 0.1) is 6.34 Å². The number of hydrogen-bond donors (Lipinski definition) is 3. The summed E-state index contributed by atoms with van der Waals surface area (Å²) < 4.78 is 3.62. The van der Waals surface area contributed by atoms with Crippen molar-refractivity contribution in [2.75, 3.05) is 5.32 Å². The number of nitrogens with zero attached hydrogens (tertiary/aromatic N) is 1. The first kappa shape index (κ1) is 11.3. The van der Waals surface area contributed by atoms with Gasteiger partial charge in [-0.25, -0.2) is 4.76 Å². The monoisotopic (exact) mass is 229 g/mol. The third-order valence-electron chi connectivity index (χ3n) is 1.59. The molecule has 0 radical (unpaired) electrons. The number of hydrogen-bond acceptors (Lipinski definition) is 1. The van der Waals surface area contributed by atoms with Gasteiger partial charge in [-0.2, -0.15) is 0 Å². The molecule has 0 amide bonds. The van der Waals surface area contributed by atoms with Crippen LogP contribution in [0.3, 0.4) is 0 Å². The molecule has 1 aromatic carbocycles. The van der Waals surface area contributed by atoms with Gasteiger partial charge in [0.25, 0.3) is 0 Å². The van der Waals surface area contributed by atoms with Crippen LogP contribution in [0.15, 0.2) is 29.0 Å². The molecule has 14 heavy (non-hydrogen) atoms. The fourth-order valence-corrected chi connectivity index (χ4v) is 1.28. The Bertz CT molecular complexity index is 388. The third-order valence-corrected chi connectivity index (χ3v) is 2.32. The summed E-state index contributed by atoms with van der Waals surface area (Å²) in [5.41, 5.74) is 7.18. The highest BCUT2D eigenvalue weighted by Gasteiger charge is 1.98. The molecule has 0 bridgehead atoms. The average molecular weight is 229 g/mol. The minimum atomic E-state index is -2.98. The van der Waals surface area contributed by atoms with Gasteiger partial charge >= 0.3 is 0 Å². The van der Waals surface area contributed by atoms with Gasteiger partial charge in [-0.15, -0.1) is 0 Å². The molecule has 76 valence electrons. The SMILES string of the molecule is Cc1ccccc1N/C=N/P(N)(O)=S. The first-order valence-corrected chi connectivity index (χ1v) is 6.74. The number of anilines is 1. The van der Waals surface area contributed by atoms with E-state index < -0.39 is 6.57 Å². The fourth-order valence-electron chi connectivity index (χ4n) is 0.916. The molecule has 1 atom stereocenters. The molecule has 4 nitrogen and oxygen atoms in total. The van der Waals surface area contributed by atoms with Gasteiger partial charge in [-0.3, -0.25) is 5.50 Å². The van der Waals surface area contributed by atoms with Crippen molar-refractivity contribution in [3.63, 3.8) is 0 Å². The van der Waals surface area contributed by atoms with Gasteiger partial charge in [0.15, 0.2) is 0 Å². The molecule has 4 N–H and O–H groups in total. The first-order valence-electron chi connectivity index (χ1n) is 3.96. The maximum Gasteiger partial charge on any atom is 0.240 e. The maximum absolute atomic E-state index is 9.03. The minimum absolute atomic E-state index is 0.916. The summed E-state index contributed by atoms with van der Waals surface area (Å²) in [5.74, 6) is 0. The van der Waals surface area contributed by atoms with Crippen molar-refractivity contribution in [2.45, 2.75) is 6.92 Å². The molecule has 0 aliphatic carbocycles. The lowest BCUT2D eigenvalue weighted by Gasteiger charge is -2.04. The van der Waals surface area contributed by atoms with E-state index in [1.165, 1.54) is 6.34 Å². The van der Waals surface area contributed by atoms with Crippen molar-refractivity contribution in [2.24, 2.45) is 10.3 Å². The Morgan fingerprint density at radius 2 is 2.21 bits per heavy atom. The van der Waals surface area contributed by atoms with E-state index in [1.807, 2.05) is 31.2 Å². The molecule has 0 aliphatic heterocycles. The lowest BCUT2D eigenvalue weighted by Crippen LogP contribution is -1.98. The Kier molecular flexibility index (Phi) is 3.77. The number of aryl methyl sites for hydroxylation is 1. The topological polar surface area (TPSA) is 70.6 Å². The summed E-state index contributed by atoms with van der Waals surface area (Å²) >= 11 is 4.54. The molecule has 0 saturated heterocycles. The number of nitrogens with one attached hydrogen (secondary N) is 1. The van der Waals surface area contributed by atoms with Gasteiger partial charge in [0.1, 0.15) is 0 Å². The zero-order valence-electron chi connectivity index (χ0n) is 7.71. The molecule has 0 spiro atoms. The van der Waals surface area contributed by atoms with Crippen LogP contribution < -0.4 is 10.8 Å². The number of rotatable bonds is 3. The summed E-state index contributed by atoms with van der Waals surface area (Å²) in [5, 5.41) is 2.90. The number of para-hydroxylation sites is 1. The zero-order chi connectivity index (χ0) is 10.6. The molecule has 0 aliphatic rings. The molecule has 0 fully saturated rings. The van der Waals surface area contributed by atoms with Crippen molar-refractivity contribution in [3.05, 3.63) is 29.8 Å². The van der Waals surface area contributed by atoms with Crippen LogP contribution in [0.2, 0.25) is 0 Å². The Balaban J connectivity index is 2.67. The molecule has 0 saturated carbocycles. The third kappa shape index (κ3) is 3.98. The van der Waals surface area contributed by atoms with E-state index in [4.69, 9.17) is 10.4 Å². The van der Waals surface area contributed by atoms with Crippen LogP contribution in [0, 0.1) is 6.92 Å². The average Bonchev–Trinajstić information content (AvgIpc) is 2.06. The largest absolute Gasteiger partial charge is 0.346 e. The zero-order valence-corrected chi connectivity index (χ0v) is 9.42. The molecule has 1 unspecified atom stereocenters. The van der Waals surface area contributed by atoms with Crippen molar-refractivity contribution < 1.29 is 4.89 Å². The van der Waals surface area contributed by atoms with Gasteiger partial charge in [0.2, 0.25) is 6.57 Å². The molecular formula is C8H12N3OPS. The summed E-state index contributed by atoms with van der Waals surface area (Å²) in [4.78, 5) is 9.03. The standard InChI is InChI=1S/C8H12N3OPS/c1-7-4-2-3-5-8(7)10-6-11-13(9,12)14/h2-6H,1H3,(H4,9,10,11,12,14). The number of benzene rings is 1. The second kappa shape index (κ2) is 4.66. The van der Waals surface area contributed by atoms with Crippen LogP contribution in [0.25, 0.3) is 0 Å². The summed E-state index contributed by atoms with van der Waals surface area (Å²) in [7, 11) is 0. The highest BCUT2D eigenvalue weighted by molar-refractivity contribution is 8.10. The molecule has 0 aromatic heterocycles. The quantitative estimate of drug-likeness (QED) is 0.418. The van der Waals surface area contributed by atoms with Gasteiger partial charge in [-0.05, 0) is 30.4 Å². The fraction of sp³-hybridized carbons (Fsp3) is 0.125. The molecule has 1 rings (SSSR count). The maximum atomic E-state index is 9.03. The van der Waals surface area contributed by atoms with Gasteiger partial charge in [-0.1, -0.05) is 18.2 Å². The Hall–Kier alpha value is -0.740. The van der Waals surface area contributed by atoms with Gasteiger partial charge in [0, 0.05) is 5.69 Å². The van der Waals surface area contributed by atoms with Crippen LogP contribution in [0.1, 0.15) is 5.56 Å². The smallest absolute Gasteiger partial charge is 0.240 e. The van der Waals surface area contributed by atoms with Crippen LogP contribution in [0.5, 0.6) is 0 Å². The Morgan fingerprint density at radius 1 is 1.57 bits per heavy atom. The van der Waals surface area contributed by atoms with E-state index in [1.54, 1.807) is 0 Å². The van der Waals surface area contributed by atoms with Crippen molar-refractivity contribution in [1.29, 1.82) is 0 Å². The van der Waals surface area contributed by atoms with E-state index in [0.717, 1.165) is 11.3 Å². The lowest BCUT2D eigenvalue weighted by molar-refractivity contribution is 0.625. The van der Waals surface area contributed by atoms with Crippen molar-refractivity contribution >= 4 is 30.4 Å². The highest BCUT2D eigenvalue weighted by Crippen LogP contribution is 2.30. The first-order chi connectivity index (χ1) is 6.49. The molecule has 6 heteroatoms. The van der Waals surface area contributed by atoms with Gasteiger partial charge < -0.3 is 10.2 Å². The van der Waals surface area contributed by atoms with Crippen LogP contribution in [-0.2, 0) is 11.8 Å². The van der Waals surface area contributed by atoms with Crippen molar-refractivity contribution in [3.8, 4) is 0 Å². The van der Waals surface area contributed by atoms with E-state index in [-0.39, 0.29) is 0 Å². The van der Waals surface area contributed by atoms with E-state index >= 15 is 0 Å². The normalized spacial score (nSPS) is 15.4. The van der Waals surface area contributed by atoms with E-state index in [0.29, 0.717) is 0 Å². The predicted octanol–water partition coefficient (Wildman–Crippen LogP) is 1.61. The second-order valence-electron chi connectivity index (χ2n) is 2.79. The Morgan fingerprint density at radius 3 is 2.79 bits per heavy atom. The minimum Gasteiger partial charge on any atom is -0.346 e. The van der Waals surface area contributed by atoms with Crippen molar-refractivity contribution in [1.82, 2.24) is 0 Å². The van der Waals surface area contributed by atoms with Crippen LogP contribution in [0.4, 0.5) is 5.69 Å². The lowest BCUT2D eigenvalue weighted by atomic mass is 10.2. The predicted molar refractivity (Wildman–Crippen MR) is 64.0 cm³/mol.